The number of pyridine rings is 2. The summed E-state index contributed by atoms with van der Waals surface area (Å²) in [6.45, 7) is 9.15. The summed E-state index contributed by atoms with van der Waals surface area (Å²) in [6, 6.07) is 30.0. The van der Waals surface area contributed by atoms with E-state index in [1.807, 2.05) is 12.4 Å². The highest BCUT2D eigenvalue weighted by molar-refractivity contribution is 5.91. The fraction of sp³-hybridized carbons (Fsp3) is 0.435. The van der Waals surface area contributed by atoms with E-state index in [-0.39, 0.29) is 24.3 Å². The van der Waals surface area contributed by atoms with E-state index in [0.717, 1.165) is 94.6 Å². The van der Waals surface area contributed by atoms with Crippen molar-refractivity contribution < 1.29 is 9.47 Å². The molecular formula is C46H50N6O2. The fourth-order valence-electron chi connectivity index (χ4n) is 10.8. The number of piperidine rings is 6. The standard InChI is InChI=1S/C46H50N6O2/c1-3-29-27-51-23-19-31(29)25-41(51)43(35-17-21-47-39-15-9-7-11-33(35)39)53-45-37-13-5-6-14-38(37)46(50-49-45)54-44(36-18-22-48-40-16-10-8-12-34(36)40)42-26-32-20-24-52(42)28-30(32)4-2/h5-18,21-22,29-32,41-44H,3-4,19-20,23-28H2,1-2H3/t29-,30-,31-,32-,41+,42+,43-,44-/m0/s1. The van der Waals surface area contributed by atoms with Crippen LogP contribution in [0.3, 0.4) is 0 Å². The average Bonchev–Trinajstić information content (AvgIpc) is 3.25. The SMILES string of the molecule is CC[C@H]1CN2CC[C@H]1C[C@@H]2[C@@H](Oc1nnc(O[C@@H](c2ccnc3ccccc23)[C@H]2C[C@@H]3CCN2C[C@@H]3CC)c2ccccc12)c1ccnc2ccccc12. The zero-order chi connectivity index (χ0) is 36.2. The maximum atomic E-state index is 7.25. The van der Waals surface area contributed by atoms with Crippen LogP contribution in [0.25, 0.3) is 32.6 Å². The highest BCUT2D eigenvalue weighted by Crippen LogP contribution is 2.47. The fourth-order valence-corrected chi connectivity index (χ4v) is 10.8. The first-order valence-corrected chi connectivity index (χ1v) is 20.4. The van der Waals surface area contributed by atoms with Gasteiger partial charge >= 0.3 is 0 Å². The molecule has 10 atom stereocenters. The molecule has 12 rings (SSSR count). The molecule has 3 aromatic carbocycles. The Morgan fingerprint density at radius 1 is 0.574 bits per heavy atom. The van der Waals surface area contributed by atoms with Crippen LogP contribution in [0.1, 0.15) is 75.7 Å². The number of nitrogens with zero attached hydrogens (tertiary/aromatic N) is 6. The van der Waals surface area contributed by atoms with Gasteiger partial charge in [-0.25, -0.2) is 0 Å². The third-order valence-electron chi connectivity index (χ3n) is 13.7. The van der Waals surface area contributed by atoms with Crippen LogP contribution in [0, 0.1) is 23.7 Å². The van der Waals surface area contributed by atoms with Crippen LogP contribution in [-0.4, -0.2) is 68.2 Å². The van der Waals surface area contributed by atoms with Gasteiger partial charge in [0.25, 0.3) is 0 Å². The second-order valence-electron chi connectivity index (χ2n) is 16.3. The van der Waals surface area contributed by atoms with E-state index in [9.17, 15) is 0 Å². The topological polar surface area (TPSA) is 76.5 Å². The number of fused-ring (bicyclic) bond motifs is 9. The highest BCUT2D eigenvalue weighted by atomic mass is 16.5. The molecule has 8 heteroatoms. The molecule has 6 saturated heterocycles. The van der Waals surface area contributed by atoms with Gasteiger partial charge in [0.15, 0.2) is 0 Å². The number of para-hydroxylation sites is 2. The van der Waals surface area contributed by atoms with Crippen molar-refractivity contribution in [3.05, 3.63) is 108 Å². The lowest BCUT2D eigenvalue weighted by atomic mass is 9.72. The normalized spacial score (nSPS) is 28.7. The van der Waals surface area contributed by atoms with Crippen LogP contribution in [0.15, 0.2) is 97.3 Å². The van der Waals surface area contributed by atoms with Gasteiger partial charge < -0.3 is 9.47 Å². The maximum absolute atomic E-state index is 7.25. The van der Waals surface area contributed by atoms with Crippen molar-refractivity contribution in [3.8, 4) is 11.8 Å². The van der Waals surface area contributed by atoms with E-state index < -0.39 is 0 Å². The van der Waals surface area contributed by atoms with E-state index in [2.05, 4.69) is 109 Å². The Balaban J connectivity index is 1.05. The van der Waals surface area contributed by atoms with Gasteiger partial charge in [-0.1, -0.05) is 75.2 Å². The van der Waals surface area contributed by atoms with Gasteiger partial charge in [-0.05, 0) is 98.8 Å². The summed E-state index contributed by atoms with van der Waals surface area (Å²) in [4.78, 5) is 14.8. The Bertz CT molecular complexity index is 2130. The molecule has 0 aliphatic carbocycles. The summed E-state index contributed by atoms with van der Waals surface area (Å²) >= 11 is 0. The van der Waals surface area contributed by atoms with E-state index >= 15 is 0 Å². The zero-order valence-electron chi connectivity index (χ0n) is 31.4. The number of rotatable bonds is 10. The molecule has 6 aromatic rings. The number of hydrogen-bond donors (Lipinski definition) is 0. The van der Waals surface area contributed by atoms with Crippen molar-refractivity contribution in [2.45, 2.75) is 76.7 Å². The highest BCUT2D eigenvalue weighted by Gasteiger charge is 2.46. The molecule has 276 valence electrons. The first-order chi connectivity index (χ1) is 26.7. The average molecular weight is 719 g/mol. The number of benzene rings is 3. The first kappa shape index (κ1) is 33.9. The number of hydrogen-bond acceptors (Lipinski definition) is 8. The van der Waals surface area contributed by atoms with Gasteiger partial charge in [0.2, 0.25) is 11.8 Å². The largest absolute Gasteiger partial charge is 0.466 e. The number of ether oxygens (including phenoxy) is 2. The first-order valence-electron chi connectivity index (χ1n) is 20.4. The summed E-state index contributed by atoms with van der Waals surface area (Å²) in [7, 11) is 0. The van der Waals surface area contributed by atoms with Crippen molar-refractivity contribution in [2.75, 3.05) is 26.2 Å². The molecule has 0 N–H and O–H groups in total. The van der Waals surface area contributed by atoms with Gasteiger partial charge in [-0.3, -0.25) is 19.8 Å². The third kappa shape index (κ3) is 5.89. The minimum atomic E-state index is -0.226. The lowest BCUT2D eigenvalue weighted by Crippen LogP contribution is -2.56. The molecule has 3 aromatic heterocycles. The van der Waals surface area contributed by atoms with Crippen LogP contribution in [-0.2, 0) is 0 Å². The minimum absolute atomic E-state index is 0.226. The molecule has 8 nitrogen and oxygen atoms in total. The Morgan fingerprint density at radius 2 is 1.00 bits per heavy atom. The second-order valence-corrected chi connectivity index (χ2v) is 16.3. The summed E-state index contributed by atoms with van der Waals surface area (Å²) in [5.74, 6) is 4.02. The van der Waals surface area contributed by atoms with Crippen molar-refractivity contribution in [1.82, 2.24) is 30.0 Å². The second kappa shape index (κ2) is 14.2. The molecule has 0 radical (unpaired) electrons. The summed E-state index contributed by atoms with van der Waals surface area (Å²) in [5, 5.41) is 13.9. The molecule has 0 saturated carbocycles. The van der Waals surface area contributed by atoms with Crippen LogP contribution >= 0.6 is 0 Å². The third-order valence-corrected chi connectivity index (χ3v) is 13.7. The molecular weight excluding hydrogens is 669 g/mol. The van der Waals surface area contributed by atoms with Gasteiger partial charge in [-0.2, -0.15) is 0 Å². The van der Waals surface area contributed by atoms with E-state index in [0.29, 0.717) is 23.6 Å². The monoisotopic (exact) mass is 718 g/mol. The van der Waals surface area contributed by atoms with Gasteiger partial charge in [0.1, 0.15) is 12.2 Å². The number of aromatic nitrogens is 4. The lowest BCUT2D eigenvalue weighted by molar-refractivity contribution is -0.0505. The zero-order valence-corrected chi connectivity index (χ0v) is 31.4. The predicted molar refractivity (Wildman–Crippen MR) is 213 cm³/mol. The van der Waals surface area contributed by atoms with Crippen molar-refractivity contribution in [2.24, 2.45) is 23.7 Å². The van der Waals surface area contributed by atoms with Gasteiger partial charge in [-0.15, -0.1) is 10.2 Å². The van der Waals surface area contributed by atoms with Crippen LogP contribution in [0.5, 0.6) is 11.8 Å². The van der Waals surface area contributed by atoms with E-state index in [1.54, 1.807) is 0 Å². The smallest absolute Gasteiger partial charge is 0.242 e. The molecule has 6 fully saturated rings. The summed E-state index contributed by atoms with van der Waals surface area (Å²) in [6.07, 6.45) is 10.6. The Morgan fingerprint density at radius 3 is 1.41 bits per heavy atom. The molecule has 6 aliphatic heterocycles. The quantitative estimate of drug-likeness (QED) is 0.139. The van der Waals surface area contributed by atoms with Crippen LogP contribution in [0.4, 0.5) is 0 Å². The lowest BCUT2D eigenvalue weighted by Gasteiger charge is -2.52. The predicted octanol–water partition coefficient (Wildman–Crippen LogP) is 9.21. The van der Waals surface area contributed by atoms with Gasteiger partial charge in [0.05, 0.1) is 33.9 Å². The van der Waals surface area contributed by atoms with E-state index in [1.165, 1.54) is 25.7 Å². The Hall–Kier alpha value is -4.66. The minimum Gasteiger partial charge on any atom is -0.466 e. The Labute approximate surface area is 317 Å². The Kier molecular flexibility index (Phi) is 8.91. The summed E-state index contributed by atoms with van der Waals surface area (Å²) < 4.78 is 14.5. The molecule has 6 aliphatic rings. The maximum Gasteiger partial charge on any atom is 0.242 e. The van der Waals surface area contributed by atoms with Crippen LogP contribution < -0.4 is 9.47 Å². The molecule has 4 bridgehead atoms. The molecule has 0 spiro atoms. The van der Waals surface area contributed by atoms with Crippen molar-refractivity contribution >= 4 is 32.6 Å². The summed E-state index contributed by atoms with van der Waals surface area (Å²) in [5.41, 5.74) is 4.29. The van der Waals surface area contributed by atoms with Crippen LogP contribution in [0.2, 0.25) is 0 Å². The molecule has 9 heterocycles. The van der Waals surface area contributed by atoms with Gasteiger partial charge in [0, 0.05) is 47.4 Å². The van der Waals surface area contributed by atoms with Crippen molar-refractivity contribution in [3.63, 3.8) is 0 Å². The van der Waals surface area contributed by atoms with E-state index in [4.69, 9.17) is 29.6 Å². The molecule has 0 amide bonds. The molecule has 2 unspecified atom stereocenters. The van der Waals surface area contributed by atoms with Crippen molar-refractivity contribution in [1.29, 1.82) is 0 Å². The molecule has 54 heavy (non-hydrogen) atoms.